The highest BCUT2D eigenvalue weighted by Gasteiger charge is 2.14. The minimum atomic E-state index is 0.0546. The number of carbonyl (C=O) groups is 1. The zero-order chi connectivity index (χ0) is 15.0. The van der Waals surface area contributed by atoms with Crippen molar-refractivity contribution in [2.75, 3.05) is 0 Å². The molecule has 0 heterocycles. The Bertz CT molecular complexity index is 510. The third kappa shape index (κ3) is 4.34. The van der Waals surface area contributed by atoms with E-state index in [1.165, 1.54) is 24.0 Å². The van der Waals surface area contributed by atoms with E-state index in [1.54, 1.807) is 18.2 Å². The second-order valence-electron chi connectivity index (χ2n) is 4.89. The summed E-state index contributed by atoms with van der Waals surface area (Å²) in [7, 11) is 0. The molecule has 0 spiro atoms. The van der Waals surface area contributed by atoms with E-state index < -0.39 is 0 Å². The Labute approximate surface area is 122 Å². The average molecular weight is 268 g/mol. The number of Topliss-reactive ketones (excluding diaryl/α,β-unsaturated/α-hetero) is 1. The first-order chi connectivity index (χ1) is 9.63. The minimum absolute atomic E-state index is 0.0546. The molecule has 1 nitrogen and oxygen atoms in total. The van der Waals surface area contributed by atoms with Crippen molar-refractivity contribution in [3.05, 3.63) is 71.9 Å². The van der Waals surface area contributed by atoms with Crippen molar-refractivity contribution < 1.29 is 4.79 Å². The number of allylic oxidation sites excluding steroid dienone is 10. The maximum atomic E-state index is 12.5. The zero-order valence-electron chi connectivity index (χ0n) is 12.6. The first kappa shape index (κ1) is 16.2. The van der Waals surface area contributed by atoms with Gasteiger partial charge in [0.25, 0.3) is 0 Å². The van der Waals surface area contributed by atoms with Crippen LogP contribution in [-0.4, -0.2) is 5.78 Å². The fourth-order valence-electron chi connectivity index (χ4n) is 2.27. The third-order valence-corrected chi connectivity index (χ3v) is 3.52. The lowest BCUT2D eigenvalue weighted by atomic mass is 9.88. The Balaban J connectivity index is 2.99. The van der Waals surface area contributed by atoms with Gasteiger partial charge >= 0.3 is 0 Å². The highest BCUT2D eigenvalue weighted by atomic mass is 16.1. The molecule has 1 aliphatic rings. The minimum Gasteiger partial charge on any atom is -0.289 e. The molecule has 1 heteroatoms. The molecule has 0 radical (unpaired) electrons. The molecule has 0 amide bonds. The Hall–Kier alpha value is -1.89. The van der Waals surface area contributed by atoms with Gasteiger partial charge in [0.1, 0.15) is 0 Å². The molecular formula is C19H24O. The predicted octanol–water partition coefficient (Wildman–Crippen LogP) is 5.25. The maximum absolute atomic E-state index is 12.5. The summed E-state index contributed by atoms with van der Waals surface area (Å²) in [5.74, 6) is 0.0546. The van der Waals surface area contributed by atoms with Gasteiger partial charge in [-0.2, -0.15) is 0 Å². The lowest BCUT2D eigenvalue weighted by Gasteiger charge is -2.17. The molecule has 0 bridgehead atoms. The topological polar surface area (TPSA) is 17.1 Å². The van der Waals surface area contributed by atoms with Gasteiger partial charge in [-0.25, -0.2) is 0 Å². The molecule has 1 aliphatic carbocycles. The summed E-state index contributed by atoms with van der Waals surface area (Å²) in [6.07, 6.45) is 15.4. The Morgan fingerprint density at radius 1 is 1.10 bits per heavy atom. The fraction of sp³-hybridized carbons (Fsp3) is 0.316. The quantitative estimate of drug-likeness (QED) is 0.492. The molecule has 20 heavy (non-hydrogen) atoms. The lowest BCUT2D eigenvalue weighted by molar-refractivity contribution is -0.111. The molecule has 0 saturated heterocycles. The summed E-state index contributed by atoms with van der Waals surface area (Å²) in [6, 6.07) is 0. The van der Waals surface area contributed by atoms with E-state index >= 15 is 0 Å². The van der Waals surface area contributed by atoms with E-state index in [2.05, 4.69) is 13.2 Å². The van der Waals surface area contributed by atoms with Crippen LogP contribution in [0.4, 0.5) is 0 Å². The van der Waals surface area contributed by atoms with E-state index in [9.17, 15) is 4.79 Å². The van der Waals surface area contributed by atoms with Crippen molar-refractivity contribution in [2.24, 2.45) is 0 Å². The van der Waals surface area contributed by atoms with E-state index in [4.69, 9.17) is 0 Å². The fourth-order valence-corrected chi connectivity index (χ4v) is 2.27. The van der Waals surface area contributed by atoms with Gasteiger partial charge in [0.05, 0.1) is 0 Å². The predicted molar refractivity (Wildman–Crippen MR) is 87.5 cm³/mol. The molecule has 0 N–H and O–H groups in total. The van der Waals surface area contributed by atoms with Crippen LogP contribution in [0.2, 0.25) is 0 Å². The first-order valence-corrected chi connectivity index (χ1v) is 7.19. The molecule has 0 aromatic rings. The number of carbonyl (C=O) groups excluding carboxylic acids is 1. The molecule has 106 valence electrons. The third-order valence-electron chi connectivity index (χ3n) is 3.52. The monoisotopic (exact) mass is 268 g/mol. The molecule has 0 atom stereocenters. The van der Waals surface area contributed by atoms with Crippen molar-refractivity contribution in [3.63, 3.8) is 0 Å². The van der Waals surface area contributed by atoms with Crippen LogP contribution in [-0.2, 0) is 4.79 Å². The second-order valence-corrected chi connectivity index (χ2v) is 4.89. The summed E-state index contributed by atoms with van der Waals surface area (Å²) in [6.45, 7) is 11.5. The van der Waals surface area contributed by atoms with Crippen molar-refractivity contribution in [2.45, 2.75) is 39.5 Å². The van der Waals surface area contributed by atoms with E-state index in [1.807, 2.05) is 32.1 Å². The molecule has 0 aromatic heterocycles. The summed E-state index contributed by atoms with van der Waals surface area (Å²) in [5.41, 5.74) is 3.83. The summed E-state index contributed by atoms with van der Waals surface area (Å²) in [5, 5.41) is 0. The Morgan fingerprint density at radius 3 is 2.30 bits per heavy atom. The van der Waals surface area contributed by atoms with Crippen LogP contribution in [0.5, 0.6) is 0 Å². The Kier molecular flexibility index (Phi) is 6.72. The van der Waals surface area contributed by atoms with E-state index in [0.29, 0.717) is 5.57 Å². The standard InChI is InChI=1S/C19H24O/c1-5-8-12-16(6-2)19(20)17(7-3)14-18-13-10-9-11-15(18)4/h5-8,12,14H,1,4,9-11,13H2,2-3H3/b12-8-,16-6+,17-7+,18-14-. The van der Waals surface area contributed by atoms with Gasteiger partial charge in [0.2, 0.25) is 0 Å². The molecular weight excluding hydrogens is 244 g/mol. The van der Waals surface area contributed by atoms with Crippen molar-refractivity contribution in [1.29, 1.82) is 0 Å². The number of hydrogen-bond donors (Lipinski definition) is 0. The largest absolute Gasteiger partial charge is 0.289 e. The van der Waals surface area contributed by atoms with Crippen molar-refractivity contribution in [3.8, 4) is 0 Å². The first-order valence-electron chi connectivity index (χ1n) is 7.19. The van der Waals surface area contributed by atoms with Crippen LogP contribution in [0.1, 0.15) is 39.5 Å². The SMILES string of the molecule is C=C/C=C\C(=C/C)C(=O)C(/C=C1/CCCCC1=C)=C/C. The van der Waals surface area contributed by atoms with Crippen LogP contribution in [0.25, 0.3) is 0 Å². The molecule has 1 saturated carbocycles. The summed E-state index contributed by atoms with van der Waals surface area (Å²) < 4.78 is 0. The van der Waals surface area contributed by atoms with Gasteiger partial charge in [-0.05, 0) is 51.2 Å². The van der Waals surface area contributed by atoms with Crippen LogP contribution >= 0.6 is 0 Å². The smallest absolute Gasteiger partial charge is 0.192 e. The van der Waals surface area contributed by atoms with Crippen LogP contribution in [0.3, 0.4) is 0 Å². The molecule has 1 rings (SSSR count). The van der Waals surface area contributed by atoms with Gasteiger partial charge in [-0.15, -0.1) is 0 Å². The van der Waals surface area contributed by atoms with Crippen LogP contribution in [0, 0.1) is 0 Å². The normalized spacial score (nSPS) is 19.7. The second kappa shape index (κ2) is 8.31. The highest BCUT2D eigenvalue weighted by Crippen LogP contribution is 2.28. The Morgan fingerprint density at radius 2 is 1.75 bits per heavy atom. The van der Waals surface area contributed by atoms with Crippen LogP contribution < -0.4 is 0 Å². The number of ketones is 1. The average Bonchev–Trinajstić information content (AvgIpc) is 2.47. The number of hydrogen-bond acceptors (Lipinski definition) is 1. The van der Waals surface area contributed by atoms with Gasteiger partial charge in [-0.1, -0.05) is 49.1 Å². The molecule has 0 aliphatic heterocycles. The maximum Gasteiger partial charge on any atom is 0.192 e. The molecule has 0 aromatic carbocycles. The number of rotatable bonds is 5. The summed E-state index contributed by atoms with van der Waals surface area (Å²) in [4.78, 5) is 12.5. The summed E-state index contributed by atoms with van der Waals surface area (Å²) >= 11 is 0. The highest BCUT2D eigenvalue weighted by molar-refractivity contribution is 6.11. The van der Waals surface area contributed by atoms with Gasteiger partial charge in [0, 0.05) is 11.1 Å². The van der Waals surface area contributed by atoms with E-state index in [0.717, 1.165) is 18.4 Å². The lowest BCUT2D eigenvalue weighted by Crippen LogP contribution is -2.05. The van der Waals surface area contributed by atoms with E-state index in [-0.39, 0.29) is 5.78 Å². The molecule has 1 fully saturated rings. The molecule has 0 unspecified atom stereocenters. The van der Waals surface area contributed by atoms with Gasteiger partial charge < -0.3 is 0 Å². The van der Waals surface area contributed by atoms with Gasteiger partial charge in [-0.3, -0.25) is 4.79 Å². The van der Waals surface area contributed by atoms with Crippen molar-refractivity contribution >= 4 is 5.78 Å². The zero-order valence-corrected chi connectivity index (χ0v) is 12.6. The van der Waals surface area contributed by atoms with Crippen LogP contribution in [0.15, 0.2) is 71.9 Å². The van der Waals surface area contributed by atoms with Gasteiger partial charge in [0.15, 0.2) is 5.78 Å². The van der Waals surface area contributed by atoms with Crippen molar-refractivity contribution in [1.82, 2.24) is 0 Å².